The maximum atomic E-state index is 14.5. The minimum absolute atomic E-state index is 0.554. The SMILES string of the molecule is FC1(C2=CCCCO2)CCCNCC1. The lowest BCUT2D eigenvalue weighted by Gasteiger charge is -2.28. The van der Waals surface area contributed by atoms with Gasteiger partial charge in [-0.3, -0.25) is 0 Å². The lowest BCUT2D eigenvalue weighted by atomic mass is 9.93. The molecule has 2 aliphatic rings. The van der Waals surface area contributed by atoms with Crippen LogP contribution in [0.3, 0.4) is 0 Å². The number of allylic oxidation sites excluding steroid dienone is 2. The van der Waals surface area contributed by atoms with Gasteiger partial charge in [-0.15, -0.1) is 0 Å². The molecular formula is C11H18FNO. The molecule has 3 heteroatoms. The van der Waals surface area contributed by atoms with Gasteiger partial charge in [0.2, 0.25) is 0 Å². The van der Waals surface area contributed by atoms with E-state index in [1.807, 2.05) is 6.08 Å². The van der Waals surface area contributed by atoms with Crippen LogP contribution in [0, 0.1) is 0 Å². The average Bonchev–Trinajstić information content (AvgIpc) is 2.46. The molecule has 2 nitrogen and oxygen atoms in total. The quantitative estimate of drug-likeness (QED) is 0.698. The molecule has 2 aliphatic heterocycles. The summed E-state index contributed by atoms with van der Waals surface area (Å²) >= 11 is 0. The van der Waals surface area contributed by atoms with Crippen molar-refractivity contribution in [2.24, 2.45) is 0 Å². The van der Waals surface area contributed by atoms with E-state index in [1.54, 1.807) is 0 Å². The maximum absolute atomic E-state index is 14.5. The van der Waals surface area contributed by atoms with Gasteiger partial charge < -0.3 is 10.1 Å². The van der Waals surface area contributed by atoms with Crippen molar-refractivity contribution in [3.8, 4) is 0 Å². The maximum Gasteiger partial charge on any atom is 0.168 e. The highest BCUT2D eigenvalue weighted by Gasteiger charge is 2.36. The molecule has 0 aromatic rings. The number of hydrogen-bond acceptors (Lipinski definition) is 2. The first-order valence-corrected chi connectivity index (χ1v) is 5.54. The standard InChI is InChI=1S/C11H18FNO/c12-11(5-3-7-13-8-6-11)10-4-1-2-9-14-10/h4,13H,1-3,5-9H2. The molecule has 0 aromatic heterocycles. The molecule has 14 heavy (non-hydrogen) atoms. The van der Waals surface area contributed by atoms with Gasteiger partial charge in [-0.05, 0) is 44.8 Å². The number of hydrogen-bond donors (Lipinski definition) is 1. The zero-order valence-electron chi connectivity index (χ0n) is 8.52. The zero-order valence-corrected chi connectivity index (χ0v) is 8.52. The third-order valence-electron chi connectivity index (χ3n) is 3.00. The highest BCUT2D eigenvalue weighted by Crippen LogP contribution is 2.34. The molecule has 2 heterocycles. The Labute approximate surface area is 84.5 Å². The number of halogens is 1. The Morgan fingerprint density at radius 1 is 1.29 bits per heavy atom. The van der Waals surface area contributed by atoms with E-state index in [9.17, 15) is 4.39 Å². The van der Waals surface area contributed by atoms with Crippen LogP contribution in [0.5, 0.6) is 0 Å². The van der Waals surface area contributed by atoms with Gasteiger partial charge in [-0.25, -0.2) is 4.39 Å². The molecule has 0 aliphatic carbocycles. The molecule has 0 saturated carbocycles. The monoisotopic (exact) mass is 199 g/mol. The van der Waals surface area contributed by atoms with Crippen LogP contribution >= 0.6 is 0 Å². The van der Waals surface area contributed by atoms with Crippen LogP contribution in [0.25, 0.3) is 0 Å². The minimum Gasteiger partial charge on any atom is -0.495 e. The highest BCUT2D eigenvalue weighted by molar-refractivity contribution is 5.12. The second-order valence-electron chi connectivity index (χ2n) is 4.13. The first-order chi connectivity index (χ1) is 6.81. The first-order valence-electron chi connectivity index (χ1n) is 5.54. The van der Waals surface area contributed by atoms with E-state index in [1.165, 1.54) is 0 Å². The summed E-state index contributed by atoms with van der Waals surface area (Å²) in [7, 11) is 0. The van der Waals surface area contributed by atoms with E-state index in [4.69, 9.17) is 4.74 Å². The van der Waals surface area contributed by atoms with Gasteiger partial charge in [-0.2, -0.15) is 0 Å². The molecule has 80 valence electrons. The number of rotatable bonds is 1. The third-order valence-corrected chi connectivity index (χ3v) is 3.00. The van der Waals surface area contributed by atoms with Crippen molar-refractivity contribution < 1.29 is 9.13 Å². The van der Waals surface area contributed by atoms with E-state index in [0.29, 0.717) is 25.2 Å². The Bertz CT molecular complexity index is 219. The van der Waals surface area contributed by atoms with Crippen LogP contribution in [0.4, 0.5) is 4.39 Å². The van der Waals surface area contributed by atoms with E-state index in [2.05, 4.69) is 5.32 Å². The lowest BCUT2D eigenvalue weighted by Crippen LogP contribution is -2.30. The molecular weight excluding hydrogens is 181 g/mol. The summed E-state index contributed by atoms with van der Waals surface area (Å²) in [6.07, 6.45) is 5.99. The van der Waals surface area contributed by atoms with E-state index >= 15 is 0 Å². The van der Waals surface area contributed by atoms with Crippen LogP contribution < -0.4 is 5.32 Å². The van der Waals surface area contributed by atoms with Gasteiger partial charge in [0.1, 0.15) is 5.76 Å². The predicted molar refractivity (Wildman–Crippen MR) is 53.8 cm³/mol. The summed E-state index contributed by atoms with van der Waals surface area (Å²) in [5.41, 5.74) is -1.19. The molecule has 1 fully saturated rings. The smallest absolute Gasteiger partial charge is 0.168 e. The second-order valence-corrected chi connectivity index (χ2v) is 4.13. The van der Waals surface area contributed by atoms with Crippen molar-refractivity contribution in [3.05, 3.63) is 11.8 Å². The van der Waals surface area contributed by atoms with Gasteiger partial charge in [0, 0.05) is 6.42 Å². The average molecular weight is 199 g/mol. The molecule has 2 rings (SSSR count). The first kappa shape index (κ1) is 9.97. The van der Waals surface area contributed by atoms with Gasteiger partial charge in [0.15, 0.2) is 5.67 Å². The van der Waals surface area contributed by atoms with Crippen molar-refractivity contribution >= 4 is 0 Å². The molecule has 0 amide bonds. The van der Waals surface area contributed by atoms with Crippen LogP contribution in [-0.4, -0.2) is 25.4 Å². The van der Waals surface area contributed by atoms with E-state index < -0.39 is 5.67 Å². The topological polar surface area (TPSA) is 21.3 Å². The summed E-state index contributed by atoms with van der Waals surface area (Å²) < 4.78 is 19.9. The van der Waals surface area contributed by atoms with Crippen molar-refractivity contribution in [3.63, 3.8) is 0 Å². The summed E-state index contributed by atoms with van der Waals surface area (Å²) in [5, 5.41) is 3.22. The fourth-order valence-electron chi connectivity index (χ4n) is 2.15. The Hall–Kier alpha value is -0.570. The summed E-state index contributed by atoms with van der Waals surface area (Å²) in [5.74, 6) is 0.604. The van der Waals surface area contributed by atoms with E-state index in [-0.39, 0.29) is 0 Å². The number of nitrogens with one attached hydrogen (secondary N) is 1. The van der Waals surface area contributed by atoms with Crippen LogP contribution in [0.2, 0.25) is 0 Å². The van der Waals surface area contributed by atoms with Gasteiger partial charge >= 0.3 is 0 Å². The van der Waals surface area contributed by atoms with Crippen molar-refractivity contribution in [2.75, 3.05) is 19.7 Å². The van der Waals surface area contributed by atoms with E-state index in [0.717, 1.165) is 32.4 Å². The van der Waals surface area contributed by atoms with Crippen LogP contribution in [-0.2, 0) is 4.74 Å². The fourth-order valence-corrected chi connectivity index (χ4v) is 2.15. The summed E-state index contributed by atoms with van der Waals surface area (Å²) in [4.78, 5) is 0. The molecule has 0 spiro atoms. The number of ether oxygens (including phenoxy) is 1. The number of alkyl halides is 1. The minimum atomic E-state index is -1.19. The highest BCUT2D eigenvalue weighted by atomic mass is 19.1. The second kappa shape index (κ2) is 4.30. The Kier molecular flexibility index (Phi) is 3.06. The molecule has 0 bridgehead atoms. The summed E-state index contributed by atoms with van der Waals surface area (Å²) in [6.45, 7) is 2.38. The zero-order chi connectivity index (χ0) is 9.86. The lowest BCUT2D eigenvalue weighted by molar-refractivity contribution is 0.0658. The van der Waals surface area contributed by atoms with Crippen LogP contribution in [0.1, 0.15) is 32.1 Å². The van der Waals surface area contributed by atoms with Crippen molar-refractivity contribution in [1.29, 1.82) is 0 Å². The fraction of sp³-hybridized carbons (Fsp3) is 0.818. The Morgan fingerprint density at radius 3 is 3.00 bits per heavy atom. The van der Waals surface area contributed by atoms with Gasteiger partial charge in [0.05, 0.1) is 6.61 Å². The molecule has 0 aromatic carbocycles. The predicted octanol–water partition coefficient (Wildman–Crippen LogP) is 2.16. The molecule has 1 atom stereocenters. The molecule has 1 unspecified atom stereocenters. The molecule has 1 N–H and O–H groups in total. The van der Waals surface area contributed by atoms with Crippen molar-refractivity contribution in [1.82, 2.24) is 5.32 Å². The normalized spacial score (nSPS) is 34.2. The Morgan fingerprint density at radius 2 is 2.21 bits per heavy atom. The Balaban J connectivity index is 2.07. The van der Waals surface area contributed by atoms with Gasteiger partial charge in [0.25, 0.3) is 0 Å². The van der Waals surface area contributed by atoms with Crippen LogP contribution in [0.15, 0.2) is 11.8 Å². The molecule has 1 saturated heterocycles. The third kappa shape index (κ3) is 2.08. The molecule has 0 radical (unpaired) electrons. The largest absolute Gasteiger partial charge is 0.495 e. The summed E-state index contributed by atoms with van der Waals surface area (Å²) in [6, 6.07) is 0. The van der Waals surface area contributed by atoms with Gasteiger partial charge in [-0.1, -0.05) is 0 Å². The van der Waals surface area contributed by atoms with Crippen molar-refractivity contribution in [2.45, 2.75) is 37.8 Å².